The first-order valence-corrected chi connectivity index (χ1v) is 7.61. The minimum absolute atomic E-state index is 0.171. The molecule has 0 bridgehead atoms. The van der Waals surface area contributed by atoms with Gasteiger partial charge in [-0.15, -0.1) is 0 Å². The van der Waals surface area contributed by atoms with Crippen LogP contribution in [0.2, 0.25) is 0 Å². The number of aromatic nitrogens is 2. The summed E-state index contributed by atoms with van der Waals surface area (Å²) in [6.07, 6.45) is 5.97. The molecule has 2 aliphatic heterocycles. The fourth-order valence-corrected chi connectivity index (χ4v) is 3.48. The van der Waals surface area contributed by atoms with Crippen LogP contribution in [0.3, 0.4) is 0 Å². The summed E-state index contributed by atoms with van der Waals surface area (Å²) in [5, 5.41) is 9.74. The van der Waals surface area contributed by atoms with Gasteiger partial charge in [-0.05, 0) is 39.7 Å². The second-order valence-corrected chi connectivity index (χ2v) is 6.33. The van der Waals surface area contributed by atoms with Crippen LogP contribution in [0.25, 0.3) is 0 Å². The van der Waals surface area contributed by atoms with E-state index in [0.29, 0.717) is 12.0 Å². The Hall–Kier alpha value is -0.870. The van der Waals surface area contributed by atoms with E-state index in [1.54, 1.807) is 0 Å². The van der Waals surface area contributed by atoms with E-state index >= 15 is 0 Å². The summed E-state index contributed by atoms with van der Waals surface area (Å²) in [4.78, 5) is 7.24. The van der Waals surface area contributed by atoms with Crippen molar-refractivity contribution in [3.63, 3.8) is 0 Å². The van der Waals surface area contributed by atoms with Gasteiger partial charge in [-0.3, -0.25) is 0 Å². The fraction of sp³-hybridized carbons (Fsp3) is 0.800. The highest BCUT2D eigenvalue weighted by Gasteiger charge is 2.28. The molecule has 0 radical (unpaired) electrons. The number of fused-ring (bicyclic) bond motifs is 1. The Balaban J connectivity index is 1.79. The summed E-state index contributed by atoms with van der Waals surface area (Å²) >= 11 is 0. The molecular formula is C15H25N3O. The van der Waals surface area contributed by atoms with Gasteiger partial charge in [0, 0.05) is 43.4 Å². The topological polar surface area (TPSA) is 41.3 Å². The molecule has 0 spiro atoms. The van der Waals surface area contributed by atoms with Gasteiger partial charge in [0.15, 0.2) is 0 Å². The minimum atomic E-state index is -0.171. The zero-order valence-corrected chi connectivity index (χ0v) is 12.0. The molecule has 3 rings (SSSR count). The van der Waals surface area contributed by atoms with E-state index in [1.165, 1.54) is 30.9 Å². The number of aliphatic hydroxyl groups excluding tert-OH is 1. The Kier molecular flexibility index (Phi) is 3.63. The molecule has 0 saturated carbocycles. The van der Waals surface area contributed by atoms with Gasteiger partial charge in [0.25, 0.3) is 0 Å². The van der Waals surface area contributed by atoms with E-state index in [-0.39, 0.29) is 6.10 Å². The third-order valence-corrected chi connectivity index (χ3v) is 4.65. The van der Waals surface area contributed by atoms with Gasteiger partial charge in [-0.2, -0.15) is 0 Å². The monoisotopic (exact) mass is 263 g/mol. The second kappa shape index (κ2) is 5.25. The Bertz CT molecular complexity index is 441. The van der Waals surface area contributed by atoms with Crippen LogP contribution in [0.4, 0.5) is 0 Å². The van der Waals surface area contributed by atoms with E-state index in [1.807, 2.05) is 6.20 Å². The molecule has 19 heavy (non-hydrogen) atoms. The van der Waals surface area contributed by atoms with Crippen molar-refractivity contribution >= 4 is 0 Å². The van der Waals surface area contributed by atoms with Crippen LogP contribution < -0.4 is 0 Å². The first kappa shape index (κ1) is 13.1. The number of imidazole rings is 1. The normalized spacial score (nSPS) is 28.6. The Morgan fingerprint density at radius 1 is 1.32 bits per heavy atom. The van der Waals surface area contributed by atoms with Crippen molar-refractivity contribution < 1.29 is 5.11 Å². The zero-order valence-electron chi connectivity index (χ0n) is 12.0. The van der Waals surface area contributed by atoms with Gasteiger partial charge in [0.2, 0.25) is 0 Å². The Labute approximate surface area is 115 Å². The molecule has 2 atom stereocenters. The molecule has 4 heteroatoms. The molecule has 0 aromatic carbocycles. The second-order valence-electron chi connectivity index (χ2n) is 6.33. The summed E-state index contributed by atoms with van der Waals surface area (Å²) in [6.45, 7) is 7.85. The van der Waals surface area contributed by atoms with Crippen LogP contribution in [0, 0.1) is 0 Å². The number of nitrogens with zero attached hydrogens (tertiary/aromatic N) is 3. The Morgan fingerprint density at radius 2 is 2.16 bits per heavy atom. The molecule has 2 unspecified atom stereocenters. The fourth-order valence-electron chi connectivity index (χ4n) is 3.48. The van der Waals surface area contributed by atoms with Crippen molar-refractivity contribution in [1.29, 1.82) is 0 Å². The van der Waals surface area contributed by atoms with Crippen molar-refractivity contribution in [3.05, 3.63) is 17.7 Å². The maximum Gasteiger partial charge on any atom is 0.113 e. The van der Waals surface area contributed by atoms with Crippen LogP contribution in [-0.2, 0) is 13.0 Å². The minimum Gasteiger partial charge on any atom is -0.393 e. The SMILES string of the molecule is CC(C)N1CCCC(c2ncc3n2CCC(O)C3)C1. The number of hydrogen-bond donors (Lipinski definition) is 1. The Morgan fingerprint density at radius 3 is 2.95 bits per heavy atom. The van der Waals surface area contributed by atoms with Gasteiger partial charge >= 0.3 is 0 Å². The van der Waals surface area contributed by atoms with Gasteiger partial charge in [-0.25, -0.2) is 4.98 Å². The van der Waals surface area contributed by atoms with Crippen molar-refractivity contribution in [1.82, 2.24) is 14.5 Å². The molecule has 2 aliphatic rings. The number of piperidine rings is 1. The van der Waals surface area contributed by atoms with Crippen molar-refractivity contribution in [2.45, 2.75) is 64.1 Å². The largest absolute Gasteiger partial charge is 0.393 e. The highest BCUT2D eigenvalue weighted by molar-refractivity contribution is 5.13. The van der Waals surface area contributed by atoms with Gasteiger partial charge < -0.3 is 14.6 Å². The molecule has 0 amide bonds. The van der Waals surface area contributed by atoms with E-state index in [4.69, 9.17) is 0 Å². The first-order valence-electron chi connectivity index (χ1n) is 7.61. The lowest BCUT2D eigenvalue weighted by Gasteiger charge is -2.35. The van der Waals surface area contributed by atoms with Crippen LogP contribution >= 0.6 is 0 Å². The third kappa shape index (κ3) is 2.56. The van der Waals surface area contributed by atoms with Gasteiger partial charge in [-0.1, -0.05) is 0 Å². The highest BCUT2D eigenvalue weighted by atomic mass is 16.3. The lowest BCUT2D eigenvalue weighted by molar-refractivity contribution is 0.138. The lowest BCUT2D eigenvalue weighted by atomic mass is 9.95. The highest BCUT2D eigenvalue weighted by Crippen LogP contribution is 2.29. The van der Waals surface area contributed by atoms with E-state index < -0.39 is 0 Å². The quantitative estimate of drug-likeness (QED) is 0.884. The average molecular weight is 263 g/mol. The maximum atomic E-state index is 9.74. The molecule has 1 N–H and O–H groups in total. The number of hydrogen-bond acceptors (Lipinski definition) is 3. The summed E-state index contributed by atoms with van der Waals surface area (Å²) < 4.78 is 2.36. The molecule has 0 aliphatic carbocycles. The molecular weight excluding hydrogens is 238 g/mol. The van der Waals surface area contributed by atoms with E-state index in [0.717, 1.165) is 25.9 Å². The number of likely N-dealkylation sites (tertiary alicyclic amines) is 1. The van der Waals surface area contributed by atoms with E-state index in [2.05, 4.69) is 28.3 Å². The molecule has 1 aromatic heterocycles. The van der Waals surface area contributed by atoms with Crippen LogP contribution in [0.1, 0.15) is 50.5 Å². The maximum absolute atomic E-state index is 9.74. The van der Waals surface area contributed by atoms with Gasteiger partial charge in [0.1, 0.15) is 5.82 Å². The van der Waals surface area contributed by atoms with Crippen LogP contribution in [-0.4, -0.2) is 44.8 Å². The molecule has 3 heterocycles. The van der Waals surface area contributed by atoms with Crippen LogP contribution in [0.5, 0.6) is 0 Å². The molecule has 4 nitrogen and oxygen atoms in total. The van der Waals surface area contributed by atoms with Crippen molar-refractivity contribution in [2.75, 3.05) is 13.1 Å². The molecule has 1 saturated heterocycles. The average Bonchev–Trinajstić information content (AvgIpc) is 2.81. The summed E-state index contributed by atoms with van der Waals surface area (Å²) in [6, 6.07) is 0.625. The molecule has 1 fully saturated rings. The van der Waals surface area contributed by atoms with Crippen molar-refractivity contribution in [2.24, 2.45) is 0 Å². The smallest absolute Gasteiger partial charge is 0.113 e. The van der Waals surface area contributed by atoms with Crippen molar-refractivity contribution in [3.8, 4) is 0 Å². The number of rotatable bonds is 2. The molecule has 106 valence electrons. The first-order chi connectivity index (χ1) is 9.15. The standard InChI is InChI=1S/C15H25N3O/c1-11(2)17-6-3-4-12(10-17)15-16-9-13-8-14(19)5-7-18(13)15/h9,11-12,14,19H,3-8,10H2,1-2H3. The number of aliphatic hydroxyl groups is 1. The van der Waals surface area contributed by atoms with E-state index in [9.17, 15) is 5.11 Å². The molecule has 1 aromatic rings. The predicted molar refractivity (Wildman–Crippen MR) is 75.2 cm³/mol. The zero-order chi connectivity index (χ0) is 13.4. The van der Waals surface area contributed by atoms with Gasteiger partial charge in [0.05, 0.1) is 6.10 Å². The van der Waals surface area contributed by atoms with Crippen LogP contribution in [0.15, 0.2) is 6.20 Å². The lowest BCUT2D eigenvalue weighted by Crippen LogP contribution is -2.40. The summed E-state index contributed by atoms with van der Waals surface area (Å²) in [5.41, 5.74) is 1.22. The summed E-state index contributed by atoms with van der Waals surface area (Å²) in [7, 11) is 0. The summed E-state index contributed by atoms with van der Waals surface area (Å²) in [5.74, 6) is 1.83. The third-order valence-electron chi connectivity index (χ3n) is 4.65. The predicted octanol–water partition coefficient (Wildman–Crippen LogP) is 1.78.